The first-order chi connectivity index (χ1) is 13.9. The molecule has 3 aromatic rings. The van der Waals surface area contributed by atoms with E-state index in [0.29, 0.717) is 23.6 Å². The summed E-state index contributed by atoms with van der Waals surface area (Å²) >= 11 is 0. The Morgan fingerprint density at radius 3 is 2.55 bits per heavy atom. The monoisotopic (exact) mass is 394 g/mol. The van der Waals surface area contributed by atoms with Crippen molar-refractivity contribution in [3.8, 4) is 0 Å². The molecule has 0 saturated heterocycles. The van der Waals surface area contributed by atoms with Gasteiger partial charge in [0.05, 0.1) is 18.2 Å². The van der Waals surface area contributed by atoms with E-state index in [1.54, 1.807) is 30.5 Å². The zero-order chi connectivity index (χ0) is 20.8. The van der Waals surface area contributed by atoms with E-state index in [-0.39, 0.29) is 29.6 Å². The third-order valence-electron chi connectivity index (χ3n) is 4.45. The molecule has 0 saturated carbocycles. The molecule has 1 unspecified atom stereocenters. The molecule has 3 rings (SSSR count). The van der Waals surface area contributed by atoms with Gasteiger partial charge >= 0.3 is 0 Å². The minimum absolute atomic E-state index is 0.0608. The molecule has 2 N–H and O–H groups in total. The van der Waals surface area contributed by atoms with Crippen molar-refractivity contribution in [2.24, 2.45) is 0 Å². The molecule has 1 aromatic carbocycles. The van der Waals surface area contributed by atoms with Gasteiger partial charge in [0.1, 0.15) is 11.6 Å². The molecule has 0 aliphatic rings. The van der Waals surface area contributed by atoms with Gasteiger partial charge in [0.15, 0.2) is 0 Å². The number of amides is 1. The van der Waals surface area contributed by atoms with E-state index < -0.39 is 6.04 Å². The van der Waals surface area contributed by atoms with Crippen molar-refractivity contribution in [1.29, 1.82) is 0 Å². The van der Waals surface area contributed by atoms with Crippen LogP contribution in [0.5, 0.6) is 0 Å². The highest BCUT2D eigenvalue weighted by Gasteiger charge is 2.18. The molecular formula is C22H23FN4O2. The van der Waals surface area contributed by atoms with E-state index in [0.717, 1.165) is 5.56 Å². The van der Waals surface area contributed by atoms with Crippen LogP contribution in [0, 0.1) is 5.82 Å². The zero-order valence-electron chi connectivity index (χ0n) is 16.4. The topological polar surface area (TPSA) is 87.7 Å². The van der Waals surface area contributed by atoms with Gasteiger partial charge in [0, 0.05) is 30.3 Å². The van der Waals surface area contributed by atoms with Crippen molar-refractivity contribution in [3.05, 3.63) is 93.7 Å². The number of carbonyl (C=O) groups is 1. The quantitative estimate of drug-likeness (QED) is 0.645. The molecule has 1 amide bonds. The van der Waals surface area contributed by atoms with E-state index in [2.05, 4.69) is 20.3 Å². The number of hydrogen-bond donors (Lipinski definition) is 2. The number of halogens is 1. The third-order valence-corrected chi connectivity index (χ3v) is 4.45. The smallest absolute Gasteiger partial charge is 0.251 e. The van der Waals surface area contributed by atoms with Crippen LogP contribution in [-0.4, -0.2) is 20.9 Å². The number of hydrogen-bond acceptors (Lipinski definition) is 4. The van der Waals surface area contributed by atoms with Gasteiger partial charge in [-0.2, -0.15) is 0 Å². The third kappa shape index (κ3) is 5.81. The minimum Gasteiger partial charge on any atom is -0.349 e. The molecule has 0 bridgehead atoms. The van der Waals surface area contributed by atoms with Gasteiger partial charge in [-0.05, 0) is 29.8 Å². The largest absolute Gasteiger partial charge is 0.349 e. The van der Waals surface area contributed by atoms with Crippen LogP contribution in [0.25, 0.3) is 0 Å². The summed E-state index contributed by atoms with van der Waals surface area (Å²) in [6.45, 7) is 3.88. The van der Waals surface area contributed by atoms with Gasteiger partial charge in [-0.1, -0.05) is 32.0 Å². The number of benzene rings is 1. The summed E-state index contributed by atoms with van der Waals surface area (Å²) < 4.78 is 13.4. The molecule has 2 heterocycles. The van der Waals surface area contributed by atoms with E-state index in [9.17, 15) is 14.0 Å². The second-order valence-electron chi connectivity index (χ2n) is 7.15. The Morgan fingerprint density at radius 1 is 1.14 bits per heavy atom. The zero-order valence-corrected chi connectivity index (χ0v) is 16.4. The summed E-state index contributed by atoms with van der Waals surface area (Å²) in [5.41, 5.74) is 1.70. The maximum atomic E-state index is 13.4. The van der Waals surface area contributed by atoms with Crippen LogP contribution < -0.4 is 10.9 Å². The maximum absolute atomic E-state index is 13.4. The summed E-state index contributed by atoms with van der Waals surface area (Å²) in [6, 6.07) is 12.3. The summed E-state index contributed by atoms with van der Waals surface area (Å²) in [5, 5.41) is 2.96. The van der Waals surface area contributed by atoms with E-state index in [1.807, 2.05) is 19.9 Å². The highest BCUT2D eigenvalue weighted by Crippen LogP contribution is 2.19. The fraction of sp³-hybridized carbons (Fsp3) is 0.273. The first-order valence-electron chi connectivity index (χ1n) is 9.45. The van der Waals surface area contributed by atoms with Gasteiger partial charge in [-0.3, -0.25) is 14.6 Å². The SMILES string of the molecule is CC(C)c1nc(CC(NC(=O)Cc2ccccn2)c2ccc(F)cc2)cc(=O)[nH]1. The maximum Gasteiger partial charge on any atom is 0.251 e. The van der Waals surface area contributed by atoms with Gasteiger partial charge in [0.2, 0.25) is 5.91 Å². The fourth-order valence-corrected chi connectivity index (χ4v) is 2.98. The lowest BCUT2D eigenvalue weighted by Gasteiger charge is -2.19. The lowest BCUT2D eigenvalue weighted by molar-refractivity contribution is -0.121. The average Bonchev–Trinajstić information content (AvgIpc) is 2.68. The standard InChI is InChI=1S/C22H23FN4O2/c1-14(2)22-25-18(13-21(29)27-22)11-19(15-6-8-16(23)9-7-15)26-20(28)12-17-5-3-4-10-24-17/h3-10,13-14,19H,11-12H2,1-2H3,(H,26,28)(H,25,27,29). The number of nitrogens with one attached hydrogen (secondary N) is 2. The molecule has 0 radical (unpaired) electrons. The van der Waals surface area contributed by atoms with Crippen molar-refractivity contribution >= 4 is 5.91 Å². The Kier molecular flexibility index (Phi) is 6.49. The van der Waals surface area contributed by atoms with Crippen molar-refractivity contribution in [2.75, 3.05) is 0 Å². The molecule has 1 atom stereocenters. The summed E-state index contributed by atoms with van der Waals surface area (Å²) in [7, 11) is 0. The van der Waals surface area contributed by atoms with E-state index in [4.69, 9.17) is 0 Å². The van der Waals surface area contributed by atoms with Crippen molar-refractivity contribution < 1.29 is 9.18 Å². The minimum atomic E-state index is -0.457. The molecule has 7 heteroatoms. The van der Waals surface area contributed by atoms with Gasteiger partial charge < -0.3 is 10.3 Å². The van der Waals surface area contributed by atoms with Crippen LogP contribution in [-0.2, 0) is 17.6 Å². The summed E-state index contributed by atoms with van der Waals surface area (Å²) in [6.07, 6.45) is 2.06. The van der Waals surface area contributed by atoms with Crippen LogP contribution in [0.2, 0.25) is 0 Å². The van der Waals surface area contributed by atoms with Gasteiger partial charge in [-0.25, -0.2) is 9.37 Å². The number of aromatic amines is 1. The second kappa shape index (κ2) is 9.23. The van der Waals surface area contributed by atoms with E-state index in [1.165, 1.54) is 18.2 Å². The summed E-state index contributed by atoms with van der Waals surface area (Å²) in [5.74, 6) is 0.0754. The molecule has 150 valence electrons. The van der Waals surface area contributed by atoms with Crippen LogP contribution in [0.3, 0.4) is 0 Å². The van der Waals surface area contributed by atoms with Crippen molar-refractivity contribution in [1.82, 2.24) is 20.3 Å². The molecule has 2 aromatic heterocycles. The van der Waals surface area contributed by atoms with Crippen LogP contribution in [0.1, 0.15) is 48.6 Å². The predicted octanol–water partition coefficient (Wildman–Crippen LogP) is 3.07. The van der Waals surface area contributed by atoms with Crippen LogP contribution in [0.15, 0.2) is 59.5 Å². The molecule has 29 heavy (non-hydrogen) atoms. The average molecular weight is 394 g/mol. The fourth-order valence-electron chi connectivity index (χ4n) is 2.98. The second-order valence-corrected chi connectivity index (χ2v) is 7.15. The van der Waals surface area contributed by atoms with E-state index >= 15 is 0 Å². The molecule has 6 nitrogen and oxygen atoms in total. The molecule has 0 aliphatic carbocycles. The predicted molar refractivity (Wildman–Crippen MR) is 108 cm³/mol. The molecular weight excluding hydrogens is 371 g/mol. The molecule has 0 spiro atoms. The number of aromatic nitrogens is 3. The highest BCUT2D eigenvalue weighted by molar-refractivity contribution is 5.78. The summed E-state index contributed by atoms with van der Waals surface area (Å²) in [4.78, 5) is 36.0. The highest BCUT2D eigenvalue weighted by atomic mass is 19.1. The van der Waals surface area contributed by atoms with Gasteiger partial charge in [-0.15, -0.1) is 0 Å². The first-order valence-corrected chi connectivity index (χ1v) is 9.45. The number of rotatable bonds is 7. The first kappa shape index (κ1) is 20.4. The molecule has 0 fully saturated rings. The number of H-pyrrole nitrogens is 1. The number of nitrogens with zero attached hydrogens (tertiary/aromatic N) is 2. The van der Waals surface area contributed by atoms with Crippen LogP contribution >= 0.6 is 0 Å². The normalized spacial score (nSPS) is 12.0. The lowest BCUT2D eigenvalue weighted by Crippen LogP contribution is -2.32. The Morgan fingerprint density at radius 2 is 1.90 bits per heavy atom. The number of pyridine rings is 1. The Labute approximate surface area is 168 Å². The van der Waals surface area contributed by atoms with Crippen LogP contribution in [0.4, 0.5) is 4.39 Å². The van der Waals surface area contributed by atoms with Gasteiger partial charge in [0.25, 0.3) is 5.56 Å². The Bertz CT molecular complexity index is 1020. The lowest BCUT2D eigenvalue weighted by atomic mass is 10.0. The Hall–Kier alpha value is -3.35. The molecule has 0 aliphatic heterocycles. The van der Waals surface area contributed by atoms with Crippen molar-refractivity contribution in [3.63, 3.8) is 0 Å². The number of carbonyl (C=O) groups excluding carboxylic acids is 1. The Balaban J connectivity index is 1.84. The van der Waals surface area contributed by atoms with Crippen molar-refractivity contribution in [2.45, 2.75) is 38.6 Å².